The van der Waals surface area contributed by atoms with Crippen molar-refractivity contribution in [2.45, 2.75) is 24.1 Å². The van der Waals surface area contributed by atoms with E-state index in [9.17, 15) is 9.90 Å². The van der Waals surface area contributed by atoms with Crippen LogP contribution in [0.5, 0.6) is 5.75 Å². The van der Waals surface area contributed by atoms with Crippen molar-refractivity contribution in [2.24, 2.45) is 7.05 Å². The number of thioether (sulfide) groups is 1. The largest absolute Gasteiger partial charge is 0.506 e. The topological polar surface area (TPSA) is 54.7 Å². The van der Waals surface area contributed by atoms with Crippen LogP contribution in [0.1, 0.15) is 36.8 Å². The van der Waals surface area contributed by atoms with E-state index in [4.69, 9.17) is 13.0 Å². The fourth-order valence-electron chi connectivity index (χ4n) is 3.25. The Morgan fingerprint density at radius 2 is 2.07 bits per heavy atom. The van der Waals surface area contributed by atoms with Gasteiger partial charge in [-0.2, -0.15) is 0 Å². The number of carbonyl (C=O) groups is 1. The fraction of sp³-hybridized carbons (Fsp3) is 0.318. The number of benzene rings is 2. The molecule has 0 saturated heterocycles. The van der Waals surface area contributed by atoms with Gasteiger partial charge < -0.3 is 19.3 Å². The smallest absolute Gasteiger partial charge is 0.340 e. The van der Waals surface area contributed by atoms with Crippen molar-refractivity contribution in [3.05, 3.63) is 57.7 Å². The molecule has 0 saturated carbocycles. The van der Waals surface area contributed by atoms with Crippen molar-refractivity contribution in [3.63, 3.8) is 0 Å². The summed E-state index contributed by atoms with van der Waals surface area (Å²) in [5.41, 5.74) is 1.30. The van der Waals surface area contributed by atoms with E-state index in [2.05, 4.69) is 15.9 Å². The molecule has 2 aromatic carbocycles. The second kappa shape index (κ2) is 9.24. The number of hydrogen-bond donors (Lipinski definition) is 1. The molecule has 7 heteroatoms. The fourth-order valence-corrected chi connectivity index (χ4v) is 4.70. The van der Waals surface area contributed by atoms with E-state index in [-0.39, 0.29) is 33.3 Å². The highest BCUT2D eigenvalue weighted by Gasteiger charge is 2.27. The minimum Gasteiger partial charge on any atom is -0.506 e. The van der Waals surface area contributed by atoms with Crippen molar-refractivity contribution < 1.29 is 22.9 Å². The van der Waals surface area contributed by atoms with Crippen LogP contribution in [0.25, 0.3) is 10.9 Å². The van der Waals surface area contributed by atoms with E-state index in [0.29, 0.717) is 21.9 Å². The summed E-state index contributed by atoms with van der Waals surface area (Å²) in [6.45, 7) is -4.82. The number of esters is 1. The molecule has 0 fully saturated rings. The predicted octanol–water partition coefficient (Wildman–Crippen LogP) is 5.18. The number of aromatic nitrogens is 1. The summed E-state index contributed by atoms with van der Waals surface area (Å²) in [6.07, 6.45) is 0. The zero-order chi connectivity index (χ0) is 26.1. The van der Waals surface area contributed by atoms with Crippen LogP contribution < -0.4 is 0 Å². The molecule has 1 heterocycles. The molecule has 1 N–H and O–H groups in total. The van der Waals surface area contributed by atoms with Gasteiger partial charge in [-0.15, -0.1) is 11.8 Å². The van der Waals surface area contributed by atoms with E-state index in [1.165, 1.54) is 11.8 Å². The molecule has 3 aromatic rings. The SMILES string of the molecule is [2H]C([2H])([2H])N(Cc1c(O)c(Br)cc2c1c(C(=O)OCC)c(CSc1ccccc1)n2C)C([2H])([2H])[2H]. The van der Waals surface area contributed by atoms with Gasteiger partial charge in [-0.1, -0.05) is 18.2 Å². The second-order valence-electron chi connectivity index (χ2n) is 6.37. The van der Waals surface area contributed by atoms with Crippen LogP contribution in [0.3, 0.4) is 0 Å². The number of fused-ring (bicyclic) bond motifs is 1. The van der Waals surface area contributed by atoms with Gasteiger partial charge in [-0.05, 0) is 55.0 Å². The van der Waals surface area contributed by atoms with Crippen molar-refractivity contribution in [1.82, 2.24) is 9.47 Å². The van der Waals surface area contributed by atoms with Crippen LogP contribution >= 0.6 is 27.7 Å². The van der Waals surface area contributed by atoms with E-state index in [1.54, 1.807) is 24.6 Å². The summed E-state index contributed by atoms with van der Waals surface area (Å²) < 4.78 is 53.8. The zero-order valence-corrected chi connectivity index (χ0v) is 18.4. The average molecular weight is 483 g/mol. The molecule has 0 aliphatic heterocycles. The highest BCUT2D eigenvalue weighted by Crippen LogP contribution is 2.41. The molecule has 154 valence electrons. The molecular weight excluding hydrogens is 452 g/mol. The Bertz CT molecular complexity index is 1210. The quantitative estimate of drug-likeness (QED) is 0.371. The molecule has 5 nitrogen and oxygen atoms in total. The Balaban J connectivity index is 2.27. The molecule has 0 atom stereocenters. The first-order valence-electron chi connectivity index (χ1n) is 11.9. The van der Waals surface area contributed by atoms with Crippen molar-refractivity contribution in [3.8, 4) is 5.75 Å². The minimum atomic E-state index is -2.98. The van der Waals surface area contributed by atoms with Gasteiger partial charge in [0, 0.05) is 49.1 Å². The first kappa shape index (κ1) is 14.9. The van der Waals surface area contributed by atoms with Crippen molar-refractivity contribution in [2.75, 3.05) is 20.6 Å². The van der Waals surface area contributed by atoms with Gasteiger partial charge in [-0.25, -0.2) is 4.79 Å². The Hall–Kier alpha value is -1.96. The predicted molar refractivity (Wildman–Crippen MR) is 122 cm³/mol. The van der Waals surface area contributed by atoms with Gasteiger partial charge in [-0.3, -0.25) is 0 Å². The molecular formula is C22H25BrN2O3S. The highest BCUT2D eigenvalue weighted by molar-refractivity contribution is 9.10. The number of halogens is 1. The van der Waals surface area contributed by atoms with Gasteiger partial charge in [0.2, 0.25) is 0 Å². The molecule has 0 bridgehead atoms. The molecule has 0 aliphatic carbocycles. The number of carbonyl (C=O) groups excluding carboxylic acids is 1. The van der Waals surface area contributed by atoms with Crippen LogP contribution in [0.4, 0.5) is 0 Å². The molecule has 0 amide bonds. The van der Waals surface area contributed by atoms with E-state index in [0.717, 1.165) is 4.90 Å². The minimum absolute atomic E-state index is 0.0104. The van der Waals surface area contributed by atoms with Crippen LogP contribution in [0.2, 0.25) is 0 Å². The standard InChI is InChI=1S/C22H25BrN2O3S/c1-5-28-22(27)20-18(13-29-14-9-7-6-8-10-14)25(4)17-11-16(23)21(26)15(19(17)20)12-24(2)3/h6-11,26H,5,12-13H2,1-4H3/i2D3,3D3. The Labute approximate surface area is 192 Å². The first-order valence-corrected chi connectivity index (χ1v) is 10.7. The Kier molecular flexibility index (Phi) is 4.76. The lowest BCUT2D eigenvalue weighted by Gasteiger charge is -2.15. The molecule has 0 spiro atoms. The summed E-state index contributed by atoms with van der Waals surface area (Å²) in [5, 5.41) is 11.2. The molecule has 0 aliphatic rings. The summed E-state index contributed by atoms with van der Waals surface area (Å²) in [4.78, 5) is 14.5. The molecule has 1 aromatic heterocycles. The lowest BCUT2D eigenvalue weighted by molar-refractivity contribution is 0.0527. The van der Waals surface area contributed by atoms with E-state index in [1.807, 2.05) is 30.3 Å². The summed E-state index contributed by atoms with van der Waals surface area (Å²) in [6, 6.07) is 11.2. The van der Waals surface area contributed by atoms with Crippen LogP contribution in [0.15, 0.2) is 45.8 Å². The number of rotatable bonds is 7. The number of phenols is 1. The first-order chi connectivity index (χ1) is 16.3. The van der Waals surface area contributed by atoms with Gasteiger partial charge in [0.1, 0.15) is 5.75 Å². The maximum atomic E-state index is 13.2. The third-order valence-electron chi connectivity index (χ3n) is 4.55. The Morgan fingerprint density at radius 1 is 1.34 bits per heavy atom. The van der Waals surface area contributed by atoms with Crippen molar-refractivity contribution in [1.29, 1.82) is 0 Å². The van der Waals surface area contributed by atoms with Crippen LogP contribution in [-0.2, 0) is 24.1 Å². The number of hydrogen-bond acceptors (Lipinski definition) is 5. The lowest BCUT2D eigenvalue weighted by Crippen LogP contribution is -2.13. The number of ether oxygens (including phenoxy) is 1. The third-order valence-corrected chi connectivity index (χ3v) is 6.18. The zero-order valence-electron chi connectivity index (χ0n) is 22.0. The maximum absolute atomic E-state index is 13.2. The number of phenolic OH excluding ortho intramolecular Hbond substituents is 1. The lowest BCUT2D eigenvalue weighted by atomic mass is 10.0. The van der Waals surface area contributed by atoms with Gasteiger partial charge in [0.15, 0.2) is 0 Å². The number of aryl methyl sites for hydroxylation is 1. The van der Waals surface area contributed by atoms with Crippen LogP contribution in [0, 0.1) is 0 Å². The molecule has 3 rings (SSSR count). The molecule has 0 unspecified atom stereocenters. The third kappa shape index (κ3) is 4.47. The summed E-state index contributed by atoms with van der Waals surface area (Å²) in [5.74, 6) is -0.600. The van der Waals surface area contributed by atoms with Gasteiger partial charge >= 0.3 is 5.97 Å². The summed E-state index contributed by atoms with van der Waals surface area (Å²) in [7, 11) is 1.75. The highest BCUT2D eigenvalue weighted by atomic mass is 79.9. The van der Waals surface area contributed by atoms with Crippen molar-refractivity contribution >= 4 is 44.6 Å². The maximum Gasteiger partial charge on any atom is 0.340 e. The Morgan fingerprint density at radius 3 is 2.72 bits per heavy atom. The van der Waals surface area contributed by atoms with Crippen LogP contribution in [-0.4, -0.2) is 41.1 Å². The van der Waals surface area contributed by atoms with Gasteiger partial charge in [0.05, 0.1) is 22.2 Å². The van der Waals surface area contributed by atoms with Gasteiger partial charge in [0.25, 0.3) is 0 Å². The van der Waals surface area contributed by atoms with E-state index < -0.39 is 26.5 Å². The summed E-state index contributed by atoms with van der Waals surface area (Å²) >= 11 is 4.78. The number of aromatic hydroxyl groups is 1. The number of nitrogens with zero attached hydrogens (tertiary/aromatic N) is 2. The monoisotopic (exact) mass is 482 g/mol. The average Bonchev–Trinajstić information content (AvgIpc) is 3.03. The van der Waals surface area contributed by atoms with E-state index >= 15 is 0 Å². The second-order valence-corrected chi connectivity index (χ2v) is 8.27. The normalized spacial score (nSPS) is 15.3. The molecule has 29 heavy (non-hydrogen) atoms. The molecule has 0 radical (unpaired) electrons.